The van der Waals surface area contributed by atoms with Crippen LogP contribution in [0.2, 0.25) is 0 Å². The molecule has 14 heteroatoms. The summed E-state index contributed by atoms with van der Waals surface area (Å²) in [5.74, 6) is 0.336. The largest absolute Gasteiger partial charge is 0.344 e. The van der Waals surface area contributed by atoms with Crippen LogP contribution in [-0.4, -0.2) is 38.9 Å². The summed E-state index contributed by atoms with van der Waals surface area (Å²) in [6, 6.07) is 4.33. The number of hydrogen-bond donors (Lipinski definition) is 2. The molecule has 0 aliphatic carbocycles. The minimum atomic E-state index is -3.99. The van der Waals surface area contributed by atoms with Crippen LogP contribution in [0.5, 0.6) is 0 Å². The van der Waals surface area contributed by atoms with Crippen LogP contribution in [0.15, 0.2) is 38.5 Å². The summed E-state index contributed by atoms with van der Waals surface area (Å²) in [6.07, 6.45) is 1.10. The van der Waals surface area contributed by atoms with Gasteiger partial charge in [-0.25, -0.2) is 23.6 Å². The van der Waals surface area contributed by atoms with Crippen LogP contribution >= 0.6 is 23.1 Å². The van der Waals surface area contributed by atoms with Crippen molar-refractivity contribution >= 4 is 38.1 Å². The summed E-state index contributed by atoms with van der Waals surface area (Å²) < 4.78 is 23.8. The lowest BCUT2D eigenvalue weighted by Crippen LogP contribution is -2.13. The molecule has 0 amide bonds. The lowest BCUT2D eigenvalue weighted by Gasteiger charge is -2.07. The molecule has 0 bridgehead atoms. The standard InChI is InChI=1S/C10H7N7O4S3/c11-24(20,21)7-2-1-5(9-13-15-16-14-9)3-6(7)22-10-12-4-8(23-10)17(18)19/h1-4H,(H2,11,20,21)(H,13,14,15,16). The van der Waals surface area contributed by atoms with Crippen molar-refractivity contribution in [3.05, 3.63) is 34.5 Å². The SMILES string of the molecule is NS(=O)(=O)c1ccc(-c2nnn[nH]2)cc1Sc1ncc([N+](=O)[O-])s1. The fraction of sp³-hybridized carbons (Fsp3) is 0. The first-order valence-corrected chi connectivity index (χ1v) is 9.21. The molecule has 0 fully saturated rings. The molecule has 3 aromatic rings. The van der Waals surface area contributed by atoms with Crippen LogP contribution in [0.25, 0.3) is 11.4 Å². The monoisotopic (exact) mass is 385 g/mol. The van der Waals surface area contributed by atoms with Crippen LogP contribution < -0.4 is 5.14 Å². The molecular weight excluding hydrogens is 378 g/mol. The van der Waals surface area contributed by atoms with Gasteiger partial charge in [-0.05, 0) is 40.0 Å². The Bertz CT molecular complexity index is 999. The van der Waals surface area contributed by atoms with Crippen molar-refractivity contribution in [3.8, 4) is 11.4 Å². The van der Waals surface area contributed by atoms with Crippen LogP contribution in [0, 0.1) is 10.1 Å². The molecule has 24 heavy (non-hydrogen) atoms. The molecule has 2 aromatic heterocycles. The predicted molar refractivity (Wildman–Crippen MR) is 83.9 cm³/mol. The molecule has 0 saturated carbocycles. The lowest BCUT2D eigenvalue weighted by molar-refractivity contribution is -0.380. The number of H-pyrrole nitrogens is 1. The minimum Gasteiger partial charge on any atom is -0.257 e. The number of benzene rings is 1. The fourth-order valence-electron chi connectivity index (χ4n) is 1.73. The van der Waals surface area contributed by atoms with Crippen molar-refractivity contribution in [3.63, 3.8) is 0 Å². The van der Waals surface area contributed by atoms with Crippen molar-refractivity contribution in [2.24, 2.45) is 5.14 Å². The van der Waals surface area contributed by atoms with Crippen molar-refractivity contribution in [1.29, 1.82) is 0 Å². The van der Waals surface area contributed by atoms with Gasteiger partial charge in [-0.15, -0.1) is 5.10 Å². The first-order valence-electron chi connectivity index (χ1n) is 6.03. The average molecular weight is 385 g/mol. The third-order valence-corrected chi connectivity index (χ3v) is 5.90. The van der Waals surface area contributed by atoms with E-state index in [1.807, 2.05) is 0 Å². The van der Waals surface area contributed by atoms with Crippen molar-refractivity contribution in [2.75, 3.05) is 0 Å². The Morgan fingerprint density at radius 2 is 2.17 bits per heavy atom. The summed E-state index contributed by atoms with van der Waals surface area (Å²) in [4.78, 5) is 14.2. The number of nitro groups is 1. The van der Waals surface area contributed by atoms with E-state index in [0.717, 1.165) is 29.3 Å². The van der Waals surface area contributed by atoms with Gasteiger partial charge in [-0.3, -0.25) is 10.1 Å². The number of hydrogen-bond acceptors (Lipinski definition) is 10. The molecule has 124 valence electrons. The molecule has 1 aromatic carbocycles. The highest BCUT2D eigenvalue weighted by Crippen LogP contribution is 2.38. The van der Waals surface area contributed by atoms with Crippen molar-refractivity contribution in [1.82, 2.24) is 25.6 Å². The van der Waals surface area contributed by atoms with E-state index in [2.05, 4.69) is 25.6 Å². The number of sulfonamides is 1. The number of thiazole rings is 1. The third-order valence-electron chi connectivity index (χ3n) is 2.72. The lowest BCUT2D eigenvalue weighted by atomic mass is 10.2. The molecule has 0 aliphatic rings. The second-order valence-electron chi connectivity index (χ2n) is 4.28. The zero-order chi connectivity index (χ0) is 17.3. The molecule has 0 aliphatic heterocycles. The molecule has 0 unspecified atom stereocenters. The quantitative estimate of drug-likeness (QED) is 0.480. The number of tetrazole rings is 1. The Balaban J connectivity index is 2.05. The first kappa shape index (κ1) is 16.4. The van der Waals surface area contributed by atoms with Gasteiger partial charge in [0, 0.05) is 10.5 Å². The van der Waals surface area contributed by atoms with E-state index < -0.39 is 14.9 Å². The number of rotatable bonds is 5. The zero-order valence-electron chi connectivity index (χ0n) is 11.5. The van der Waals surface area contributed by atoms with Gasteiger partial charge in [-0.2, -0.15) is 0 Å². The Labute approximate surface area is 142 Å². The molecule has 3 rings (SSSR count). The van der Waals surface area contributed by atoms with E-state index in [4.69, 9.17) is 5.14 Å². The van der Waals surface area contributed by atoms with E-state index in [-0.39, 0.29) is 14.8 Å². The Morgan fingerprint density at radius 3 is 2.75 bits per heavy atom. The summed E-state index contributed by atoms with van der Waals surface area (Å²) in [7, 11) is -3.99. The van der Waals surface area contributed by atoms with E-state index in [9.17, 15) is 18.5 Å². The maximum atomic E-state index is 11.7. The highest BCUT2D eigenvalue weighted by atomic mass is 32.2. The number of nitrogens with two attached hydrogens (primary N) is 1. The summed E-state index contributed by atoms with van der Waals surface area (Å²) in [5.41, 5.74) is 0.529. The van der Waals surface area contributed by atoms with E-state index >= 15 is 0 Å². The Hall–Kier alpha value is -2.42. The summed E-state index contributed by atoms with van der Waals surface area (Å²) in [5, 5.41) is 29.0. The van der Waals surface area contributed by atoms with E-state index in [1.54, 1.807) is 0 Å². The first-order chi connectivity index (χ1) is 11.3. The van der Waals surface area contributed by atoms with Crippen molar-refractivity contribution < 1.29 is 13.3 Å². The highest BCUT2D eigenvalue weighted by Gasteiger charge is 2.19. The molecule has 0 spiro atoms. The van der Waals surface area contributed by atoms with Crippen LogP contribution in [-0.2, 0) is 10.0 Å². The van der Waals surface area contributed by atoms with Crippen molar-refractivity contribution in [2.45, 2.75) is 14.1 Å². The second-order valence-corrected chi connectivity index (χ2v) is 8.11. The van der Waals surface area contributed by atoms with Crippen LogP contribution in [0.1, 0.15) is 0 Å². The van der Waals surface area contributed by atoms with Gasteiger partial charge in [0.15, 0.2) is 10.2 Å². The Kier molecular flexibility index (Phi) is 4.27. The number of aromatic nitrogens is 5. The van der Waals surface area contributed by atoms with Gasteiger partial charge >= 0.3 is 5.00 Å². The number of aromatic amines is 1. The summed E-state index contributed by atoms with van der Waals surface area (Å²) in [6.45, 7) is 0. The number of nitrogens with one attached hydrogen (secondary N) is 1. The van der Waals surface area contributed by atoms with Gasteiger partial charge in [0.1, 0.15) is 6.20 Å². The van der Waals surface area contributed by atoms with Gasteiger partial charge in [0.25, 0.3) is 0 Å². The molecule has 0 atom stereocenters. The average Bonchev–Trinajstić information content (AvgIpc) is 3.17. The van der Waals surface area contributed by atoms with E-state index in [0.29, 0.717) is 15.7 Å². The zero-order valence-corrected chi connectivity index (χ0v) is 13.9. The maximum absolute atomic E-state index is 11.7. The minimum absolute atomic E-state index is 0.124. The molecule has 11 nitrogen and oxygen atoms in total. The topological polar surface area (TPSA) is 171 Å². The molecule has 3 N–H and O–H groups in total. The van der Waals surface area contributed by atoms with Crippen LogP contribution in [0.4, 0.5) is 5.00 Å². The molecule has 2 heterocycles. The van der Waals surface area contributed by atoms with E-state index in [1.165, 1.54) is 18.2 Å². The third kappa shape index (κ3) is 3.40. The molecular formula is C10H7N7O4S3. The van der Waals surface area contributed by atoms with Gasteiger partial charge in [-0.1, -0.05) is 11.8 Å². The fourth-order valence-corrected chi connectivity index (χ4v) is 4.60. The highest BCUT2D eigenvalue weighted by molar-refractivity contribution is 8.01. The van der Waals surface area contributed by atoms with Gasteiger partial charge in [0.2, 0.25) is 10.0 Å². The normalized spacial score (nSPS) is 11.5. The second kappa shape index (κ2) is 6.23. The molecule has 0 saturated heterocycles. The smallest absolute Gasteiger partial charge is 0.257 e. The number of primary sulfonamides is 1. The molecule has 0 radical (unpaired) electrons. The van der Waals surface area contributed by atoms with Gasteiger partial charge in [0.05, 0.1) is 9.82 Å². The van der Waals surface area contributed by atoms with Gasteiger partial charge < -0.3 is 0 Å². The van der Waals surface area contributed by atoms with Crippen LogP contribution in [0.3, 0.4) is 0 Å². The number of nitrogens with zero attached hydrogens (tertiary/aromatic N) is 5. The Morgan fingerprint density at radius 1 is 1.38 bits per heavy atom. The summed E-state index contributed by atoms with van der Waals surface area (Å²) >= 11 is 1.78. The predicted octanol–water partition coefficient (Wildman–Crippen LogP) is 1.03. The maximum Gasteiger partial charge on any atom is 0.344 e.